The Morgan fingerprint density at radius 1 is 1.17 bits per heavy atom. The van der Waals surface area contributed by atoms with Crippen molar-refractivity contribution in [1.82, 2.24) is 4.98 Å². The van der Waals surface area contributed by atoms with Crippen LogP contribution in [0.25, 0.3) is 0 Å². The second kappa shape index (κ2) is 6.12. The van der Waals surface area contributed by atoms with Crippen LogP contribution in [0.5, 0.6) is 5.75 Å². The van der Waals surface area contributed by atoms with Crippen molar-refractivity contribution in [2.24, 2.45) is 5.73 Å². The van der Waals surface area contributed by atoms with Crippen LogP contribution in [0.3, 0.4) is 0 Å². The van der Waals surface area contributed by atoms with Crippen LogP contribution >= 0.6 is 0 Å². The van der Waals surface area contributed by atoms with E-state index < -0.39 is 0 Å². The van der Waals surface area contributed by atoms with Crippen molar-refractivity contribution in [2.45, 2.75) is 13.0 Å². The third kappa shape index (κ3) is 3.05. The van der Waals surface area contributed by atoms with Crippen LogP contribution in [0.15, 0.2) is 42.7 Å². The van der Waals surface area contributed by atoms with E-state index >= 15 is 0 Å². The zero-order valence-electron chi connectivity index (χ0n) is 9.97. The molecule has 4 heteroatoms. The number of rotatable bonds is 5. The molecule has 0 saturated heterocycles. The highest BCUT2D eigenvalue weighted by molar-refractivity contribution is 5.34. The summed E-state index contributed by atoms with van der Waals surface area (Å²) >= 11 is 0. The van der Waals surface area contributed by atoms with Crippen LogP contribution in [-0.4, -0.2) is 11.6 Å². The smallest absolute Gasteiger partial charge is 0.165 e. The largest absolute Gasteiger partial charge is 0.490 e. The number of hydrogen-bond donors (Lipinski definition) is 1. The number of ether oxygens (including phenoxy) is 1. The first-order valence-electron chi connectivity index (χ1n) is 5.80. The summed E-state index contributed by atoms with van der Waals surface area (Å²) in [6.45, 7) is 0.681. The molecule has 0 amide bonds. The quantitative estimate of drug-likeness (QED) is 0.880. The highest BCUT2D eigenvalue weighted by atomic mass is 19.1. The van der Waals surface area contributed by atoms with E-state index in [-0.39, 0.29) is 18.1 Å². The fourth-order valence-corrected chi connectivity index (χ4v) is 1.70. The Morgan fingerprint density at radius 2 is 1.94 bits per heavy atom. The van der Waals surface area contributed by atoms with E-state index in [0.29, 0.717) is 18.6 Å². The number of hydrogen-bond acceptors (Lipinski definition) is 3. The van der Waals surface area contributed by atoms with Crippen LogP contribution in [-0.2, 0) is 13.0 Å². The lowest BCUT2D eigenvalue weighted by Gasteiger charge is -2.11. The first-order valence-corrected chi connectivity index (χ1v) is 5.80. The lowest BCUT2D eigenvalue weighted by molar-refractivity contribution is 0.302. The van der Waals surface area contributed by atoms with E-state index in [4.69, 9.17) is 10.5 Å². The van der Waals surface area contributed by atoms with Gasteiger partial charge in [0.15, 0.2) is 11.6 Å². The maximum absolute atomic E-state index is 13.6. The van der Waals surface area contributed by atoms with Crippen molar-refractivity contribution >= 4 is 0 Å². The summed E-state index contributed by atoms with van der Waals surface area (Å²) < 4.78 is 19.1. The lowest BCUT2D eigenvalue weighted by Crippen LogP contribution is -2.07. The van der Waals surface area contributed by atoms with Crippen molar-refractivity contribution in [3.05, 3.63) is 59.7 Å². The number of nitrogens with zero attached hydrogens (tertiary/aromatic N) is 1. The molecule has 94 valence electrons. The summed E-state index contributed by atoms with van der Waals surface area (Å²) in [5, 5.41) is 0. The highest BCUT2D eigenvalue weighted by Gasteiger charge is 2.08. The molecule has 0 aliphatic carbocycles. The van der Waals surface area contributed by atoms with Gasteiger partial charge in [0, 0.05) is 30.9 Å². The van der Waals surface area contributed by atoms with Gasteiger partial charge in [-0.2, -0.15) is 0 Å². The van der Waals surface area contributed by atoms with Gasteiger partial charge in [-0.1, -0.05) is 12.1 Å². The Morgan fingerprint density at radius 3 is 2.67 bits per heavy atom. The fraction of sp³-hybridized carbons (Fsp3) is 0.214. The molecule has 0 unspecified atom stereocenters. The Labute approximate surface area is 105 Å². The van der Waals surface area contributed by atoms with Crippen molar-refractivity contribution in [3.63, 3.8) is 0 Å². The molecule has 2 N–H and O–H groups in total. The predicted octanol–water partition coefficient (Wildman–Crippen LogP) is 2.30. The van der Waals surface area contributed by atoms with Crippen LogP contribution < -0.4 is 10.5 Å². The second-order valence-electron chi connectivity index (χ2n) is 3.89. The molecule has 1 aromatic heterocycles. The fourth-order valence-electron chi connectivity index (χ4n) is 1.70. The molecule has 1 aromatic carbocycles. The second-order valence-corrected chi connectivity index (χ2v) is 3.89. The molecule has 1 heterocycles. The third-order valence-electron chi connectivity index (χ3n) is 2.65. The van der Waals surface area contributed by atoms with E-state index in [1.54, 1.807) is 24.5 Å². The SMILES string of the molecule is NCc1cccc(F)c1OCCc1ccncc1. The maximum Gasteiger partial charge on any atom is 0.165 e. The number of benzene rings is 1. The summed E-state index contributed by atoms with van der Waals surface area (Å²) in [5.41, 5.74) is 7.34. The van der Waals surface area contributed by atoms with Crippen LogP contribution in [0, 0.1) is 5.82 Å². The minimum Gasteiger partial charge on any atom is -0.490 e. The number of para-hydroxylation sites is 1. The van der Waals surface area contributed by atoms with E-state index in [2.05, 4.69) is 4.98 Å². The van der Waals surface area contributed by atoms with Crippen molar-refractivity contribution in [2.75, 3.05) is 6.61 Å². The van der Waals surface area contributed by atoms with E-state index in [0.717, 1.165) is 5.56 Å². The summed E-state index contributed by atoms with van der Waals surface area (Å²) in [6, 6.07) is 8.60. The molecule has 0 spiro atoms. The molecule has 18 heavy (non-hydrogen) atoms. The number of halogens is 1. The maximum atomic E-state index is 13.6. The zero-order chi connectivity index (χ0) is 12.8. The lowest BCUT2D eigenvalue weighted by atomic mass is 10.2. The minimum absolute atomic E-state index is 0.258. The molecular formula is C14H15FN2O. The normalized spacial score (nSPS) is 10.3. The Balaban J connectivity index is 1.98. The molecule has 2 rings (SSSR count). The molecule has 0 aliphatic rings. The molecule has 0 radical (unpaired) electrons. The molecule has 3 nitrogen and oxygen atoms in total. The molecule has 0 aliphatic heterocycles. The van der Waals surface area contributed by atoms with Gasteiger partial charge in [0.1, 0.15) is 0 Å². The predicted molar refractivity (Wildman–Crippen MR) is 67.7 cm³/mol. The van der Waals surface area contributed by atoms with Crippen molar-refractivity contribution in [3.8, 4) is 5.75 Å². The molecule has 0 bridgehead atoms. The number of aromatic nitrogens is 1. The van der Waals surface area contributed by atoms with E-state index in [9.17, 15) is 4.39 Å². The summed E-state index contributed by atoms with van der Waals surface area (Å²) in [4.78, 5) is 3.94. The van der Waals surface area contributed by atoms with Gasteiger partial charge in [-0.05, 0) is 23.8 Å². The zero-order valence-corrected chi connectivity index (χ0v) is 9.97. The van der Waals surface area contributed by atoms with Gasteiger partial charge in [-0.15, -0.1) is 0 Å². The monoisotopic (exact) mass is 246 g/mol. The van der Waals surface area contributed by atoms with Gasteiger partial charge in [-0.25, -0.2) is 4.39 Å². The summed E-state index contributed by atoms with van der Waals surface area (Å²) in [7, 11) is 0. The van der Waals surface area contributed by atoms with Gasteiger partial charge in [0.05, 0.1) is 6.61 Å². The van der Waals surface area contributed by atoms with Gasteiger partial charge in [0.25, 0.3) is 0 Å². The van der Waals surface area contributed by atoms with Gasteiger partial charge >= 0.3 is 0 Å². The van der Waals surface area contributed by atoms with Crippen molar-refractivity contribution < 1.29 is 9.13 Å². The molecule has 2 aromatic rings. The topological polar surface area (TPSA) is 48.1 Å². The molecular weight excluding hydrogens is 231 g/mol. The van der Waals surface area contributed by atoms with Crippen LogP contribution in [0.4, 0.5) is 4.39 Å². The Bertz CT molecular complexity index is 502. The average molecular weight is 246 g/mol. The number of nitrogens with two attached hydrogens (primary N) is 1. The van der Waals surface area contributed by atoms with Gasteiger partial charge < -0.3 is 10.5 Å². The highest BCUT2D eigenvalue weighted by Crippen LogP contribution is 2.22. The van der Waals surface area contributed by atoms with Gasteiger partial charge in [0.2, 0.25) is 0 Å². The number of pyridine rings is 1. The Kier molecular flexibility index (Phi) is 4.25. The van der Waals surface area contributed by atoms with Crippen LogP contribution in [0.1, 0.15) is 11.1 Å². The Hall–Kier alpha value is -1.94. The molecule has 0 saturated carbocycles. The first kappa shape index (κ1) is 12.5. The third-order valence-corrected chi connectivity index (χ3v) is 2.65. The minimum atomic E-state index is -0.368. The van der Waals surface area contributed by atoms with E-state index in [1.807, 2.05) is 12.1 Å². The summed E-state index contributed by atoms with van der Waals surface area (Å²) in [5.74, 6) is -0.110. The average Bonchev–Trinajstić information content (AvgIpc) is 2.41. The van der Waals surface area contributed by atoms with Crippen molar-refractivity contribution in [1.29, 1.82) is 0 Å². The van der Waals surface area contributed by atoms with Gasteiger partial charge in [-0.3, -0.25) is 4.98 Å². The van der Waals surface area contributed by atoms with E-state index in [1.165, 1.54) is 6.07 Å². The van der Waals surface area contributed by atoms with Crippen LogP contribution in [0.2, 0.25) is 0 Å². The first-order chi connectivity index (χ1) is 8.81. The molecule has 0 fully saturated rings. The summed E-state index contributed by atoms with van der Waals surface area (Å²) in [6.07, 6.45) is 4.16. The standard InChI is InChI=1S/C14H15FN2O/c15-13-3-1-2-12(10-16)14(13)18-9-6-11-4-7-17-8-5-11/h1-5,7-8H,6,9-10,16H2. The molecule has 0 atom stereocenters.